The Hall–Kier alpha value is -7.54. The van der Waals surface area contributed by atoms with Crippen molar-refractivity contribution in [2.45, 2.75) is 277 Å². The maximum atomic E-state index is 2.33. The zero-order valence-electron chi connectivity index (χ0n) is 67.9. The largest absolute Gasteiger partial charge is 0.0620 e. The van der Waals surface area contributed by atoms with Gasteiger partial charge >= 0.3 is 0 Å². The summed E-state index contributed by atoms with van der Waals surface area (Å²) in [6.45, 7) is 62.9. The molecule has 0 saturated heterocycles. The van der Waals surface area contributed by atoms with Crippen molar-refractivity contribution in [1.29, 1.82) is 0 Å². The van der Waals surface area contributed by atoms with Crippen LogP contribution in [0, 0.1) is 0 Å². The summed E-state index contributed by atoms with van der Waals surface area (Å²) < 4.78 is 0. The van der Waals surface area contributed by atoms with Crippen LogP contribution in [0.25, 0.3) is 43.1 Å². The van der Waals surface area contributed by atoms with Crippen LogP contribution in [-0.4, -0.2) is 0 Å². The summed E-state index contributed by atoms with van der Waals surface area (Å²) in [5.41, 5.74) is 20.3. The summed E-state index contributed by atoms with van der Waals surface area (Å²) in [7, 11) is 0. The average Bonchev–Trinajstić information content (AvgIpc) is 0.847. The Bertz CT molecular complexity index is 3940. The van der Waals surface area contributed by atoms with Gasteiger partial charge in [0.15, 0.2) is 0 Å². The molecule has 0 spiro atoms. The highest BCUT2D eigenvalue weighted by molar-refractivity contribution is 5.91. The Morgan fingerprint density at radius 1 is 0.140 bits per heavy atom. The highest BCUT2D eigenvalue weighted by Crippen LogP contribution is 2.35. The predicted molar refractivity (Wildman–Crippen MR) is 452 cm³/mol. The van der Waals surface area contributed by atoms with Crippen LogP contribution in [0.3, 0.4) is 0 Å². The molecule has 0 radical (unpaired) electrons. The van der Waals surface area contributed by atoms with Gasteiger partial charge in [0.1, 0.15) is 0 Å². The fraction of sp³-hybridized carbons (Fsp3) is 0.420. The summed E-state index contributed by atoms with van der Waals surface area (Å²) in [6, 6.07) is 80.4. The maximum absolute atomic E-state index is 2.33. The van der Waals surface area contributed by atoms with Gasteiger partial charge in [0.25, 0.3) is 0 Å². The van der Waals surface area contributed by atoms with Crippen LogP contribution >= 0.6 is 0 Å². The monoisotopic (exact) mass is 1340 g/mol. The summed E-state index contributed by atoms with van der Waals surface area (Å²) in [6.07, 6.45) is 0. The number of benzene rings is 11. The van der Waals surface area contributed by atoms with Crippen molar-refractivity contribution in [2.75, 3.05) is 0 Å². The topological polar surface area (TPSA) is 0 Å². The third kappa shape index (κ3) is 24.6. The van der Waals surface area contributed by atoms with Crippen LogP contribution in [-0.2, 0) is 0 Å². The molecule has 11 aromatic carbocycles. The highest BCUT2D eigenvalue weighted by atomic mass is 14.2. The SMILES string of the molecule is CC(C)c1ccc(C(C)C)cc1.CC(C)c1ccc2cc(C(C)C)ccc2c1.CC(C)c1ccc2ccc(C(C)C)cc2c1.CC(C)c1cccc(C(C)C)c1.CC(C)c1cccc2c(C(C)C)cccc12.CC(C)c1cccc2cccc(C(C)C)c12.CC(C)c1ccccc1C(C)C. The van der Waals surface area contributed by atoms with Gasteiger partial charge in [-0.25, -0.2) is 0 Å². The van der Waals surface area contributed by atoms with E-state index in [9.17, 15) is 0 Å². The van der Waals surface area contributed by atoms with E-state index in [0.29, 0.717) is 82.9 Å². The second kappa shape index (κ2) is 40.2. The molecule has 0 N–H and O–H groups in total. The van der Waals surface area contributed by atoms with E-state index in [2.05, 4.69) is 412 Å². The Morgan fingerprint density at radius 2 is 0.370 bits per heavy atom. The molecule has 11 rings (SSSR count). The Morgan fingerprint density at radius 3 is 0.660 bits per heavy atom. The molecule has 0 aliphatic heterocycles. The zero-order valence-corrected chi connectivity index (χ0v) is 67.9. The quantitative estimate of drug-likeness (QED) is 0.102. The van der Waals surface area contributed by atoms with Crippen molar-refractivity contribution >= 4 is 43.1 Å². The first-order valence-electron chi connectivity index (χ1n) is 38.6. The van der Waals surface area contributed by atoms with E-state index in [1.807, 2.05) is 0 Å². The molecular weight excluding hydrogens is 1200 g/mol. The van der Waals surface area contributed by atoms with Crippen molar-refractivity contribution < 1.29 is 0 Å². The van der Waals surface area contributed by atoms with Crippen molar-refractivity contribution in [3.05, 3.63) is 296 Å². The molecule has 0 aromatic heterocycles. The lowest BCUT2D eigenvalue weighted by Crippen LogP contribution is -1.97. The van der Waals surface area contributed by atoms with Crippen LogP contribution in [0.5, 0.6) is 0 Å². The lowest BCUT2D eigenvalue weighted by atomic mass is 9.89. The summed E-state index contributed by atoms with van der Waals surface area (Å²) in [5, 5.41) is 11.1. The second-order valence-corrected chi connectivity index (χ2v) is 32.4. The number of hydrogen-bond acceptors (Lipinski definition) is 0. The van der Waals surface area contributed by atoms with Crippen LogP contribution < -0.4 is 0 Å². The first-order chi connectivity index (χ1) is 47.2. The van der Waals surface area contributed by atoms with E-state index < -0.39 is 0 Å². The van der Waals surface area contributed by atoms with E-state index in [1.165, 1.54) is 121 Å². The molecule has 0 aliphatic carbocycles. The minimum absolute atomic E-state index is 0.587. The second-order valence-electron chi connectivity index (χ2n) is 32.4. The molecule has 0 heteroatoms. The molecule has 11 aromatic rings. The van der Waals surface area contributed by atoms with Gasteiger partial charge in [-0.15, -0.1) is 0 Å². The average molecular weight is 1340 g/mol. The van der Waals surface area contributed by atoms with Gasteiger partial charge in [-0.05, 0) is 204 Å². The molecule has 0 nitrogen and oxygen atoms in total. The van der Waals surface area contributed by atoms with E-state index in [0.717, 1.165) is 0 Å². The van der Waals surface area contributed by atoms with Crippen molar-refractivity contribution in [3.63, 3.8) is 0 Å². The van der Waals surface area contributed by atoms with Gasteiger partial charge in [0, 0.05) is 0 Å². The summed E-state index contributed by atoms with van der Waals surface area (Å²) >= 11 is 0. The maximum Gasteiger partial charge on any atom is -0.0115 e. The normalized spacial score (nSPS) is 11.5. The predicted octanol–water partition coefficient (Wildman–Crippen LogP) is 32.1. The number of rotatable bonds is 14. The molecule has 0 heterocycles. The van der Waals surface area contributed by atoms with Gasteiger partial charge < -0.3 is 0 Å². The third-order valence-electron chi connectivity index (χ3n) is 19.6. The molecule has 534 valence electrons. The highest BCUT2D eigenvalue weighted by Gasteiger charge is 2.14. The third-order valence-corrected chi connectivity index (χ3v) is 19.6. The molecule has 0 aliphatic rings. The molecule has 0 unspecified atom stereocenters. The standard InChI is InChI=1S/4C16H20.3C12H18/c1-11(2)13-5-7-16-10-14(12(3)4)6-8-15(16)9-13;1-11(2)14-7-5-13-6-8-15(12(3)4)10-16(13)9-14;1-11(2)13-7-5-10-16-14(12(3)4)8-6-9-15(13)16;1-11(2)14-9-5-7-13-8-6-10-15(12(3)4)16(13)14;1-9(2)11-5-7-12(8-6-11)10(3)4;1-9(2)11-6-5-7-12(8-11)10(3)4;1-9(2)11-7-5-6-8-12(11)10(3)4/h4*5-12H,1-4H3;3*5-10H,1-4H3. The molecule has 100 heavy (non-hydrogen) atoms. The van der Waals surface area contributed by atoms with Gasteiger partial charge in [0.2, 0.25) is 0 Å². The lowest BCUT2D eigenvalue weighted by molar-refractivity contribution is 0.790. The smallest absolute Gasteiger partial charge is 0.0115 e. The lowest BCUT2D eigenvalue weighted by Gasteiger charge is -2.16. The van der Waals surface area contributed by atoms with Crippen LogP contribution in [0.2, 0.25) is 0 Å². The minimum atomic E-state index is 0.587. The summed E-state index contributed by atoms with van der Waals surface area (Å²) in [4.78, 5) is 0. The van der Waals surface area contributed by atoms with Crippen LogP contribution in [0.4, 0.5) is 0 Å². The Labute approximate surface area is 612 Å². The van der Waals surface area contributed by atoms with Crippen LogP contribution in [0.15, 0.2) is 218 Å². The Kier molecular flexibility index (Phi) is 33.4. The fourth-order valence-electron chi connectivity index (χ4n) is 12.8. The van der Waals surface area contributed by atoms with Gasteiger partial charge in [0.05, 0.1) is 0 Å². The molecule has 0 bridgehead atoms. The number of hydrogen-bond donors (Lipinski definition) is 0. The first kappa shape index (κ1) is 83.1. The van der Waals surface area contributed by atoms with Crippen LogP contribution in [0.1, 0.15) is 355 Å². The Balaban J connectivity index is 0.000000211. The van der Waals surface area contributed by atoms with Crippen molar-refractivity contribution in [1.82, 2.24) is 0 Å². The summed E-state index contributed by atoms with van der Waals surface area (Å²) in [5.74, 6) is 8.63. The molecule has 0 atom stereocenters. The molecular formula is C100H134. The van der Waals surface area contributed by atoms with Crippen molar-refractivity contribution in [2.24, 2.45) is 0 Å². The number of fused-ring (bicyclic) bond motifs is 4. The van der Waals surface area contributed by atoms with E-state index >= 15 is 0 Å². The fourth-order valence-corrected chi connectivity index (χ4v) is 12.8. The molecule has 0 amide bonds. The van der Waals surface area contributed by atoms with E-state index in [-0.39, 0.29) is 0 Å². The van der Waals surface area contributed by atoms with Gasteiger partial charge in [-0.3, -0.25) is 0 Å². The first-order valence-corrected chi connectivity index (χ1v) is 38.6. The molecule has 0 fully saturated rings. The van der Waals surface area contributed by atoms with E-state index in [4.69, 9.17) is 0 Å². The van der Waals surface area contributed by atoms with Gasteiger partial charge in [-0.1, -0.05) is 412 Å². The zero-order chi connectivity index (χ0) is 74.2. The molecule has 0 saturated carbocycles. The van der Waals surface area contributed by atoms with Crippen molar-refractivity contribution in [3.8, 4) is 0 Å². The van der Waals surface area contributed by atoms with E-state index in [1.54, 1.807) is 0 Å². The van der Waals surface area contributed by atoms with Gasteiger partial charge in [-0.2, -0.15) is 0 Å². The minimum Gasteiger partial charge on any atom is -0.0620 e.